The molecule has 28 heavy (non-hydrogen) atoms. The van der Waals surface area contributed by atoms with Gasteiger partial charge < -0.3 is 29.7 Å². The van der Waals surface area contributed by atoms with E-state index in [0.717, 1.165) is 5.56 Å². The van der Waals surface area contributed by atoms with Crippen LogP contribution in [-0.4, -0.2) is 42.7 Å². The van der Waals surface area contributed by atoms with Gasteiger partial charge in [0.2, 0.25) is 0 Å². The Labute approximate surface area is 160 Å². The van der Waals surface area contributed by atoms with Crippen LogP contribution in [0.2, 0.25) is 0 Å². The largest absolute Gasteiger partial charge is 0.493 e. The van der Waals surface area contributed by atoms with Gasteiger partial charge in [0.25, 0.3) is 0 Å². The lowest BCUT2D eigenvalue weighted by Crippen LogP contribution is -2.35. The van der Waals surface area contributed by atoms with Crippen molar-refractivity contribution < 1.29 is 38.0 Å². The third-order valence-corrected chi connectivity index (χ3v) is 3.78. The van der Waals surface area contributed by atoms with Gasteiger partial charge in [0, 0.05) is 6.54 Å². The zero-order chi connectivity index (χ0) is 20.5. The summed E-state index contributed by atoms with van der Waals surface area (Å²) in [5, 5.41) is 22.6. The lowest BCUT2D eigenvalue weighted by atomic mass is 10.0. The number of halogens is 2. The Hall–Kier alpha value is -2.91. The number of methoxy groups -OCH3 is 1. The molecule has 152 valence electrons. The standard InChI is InChI=1S/C19H21F2NO6/c1-26-16-9-13(7-8-15(16)28-18(20)21)17(24)14(23)10-22-19(25)27-11-12-5-3-2-4-6-12/h2-9,14,17-18,23-24H,10-11H2,1H3,(H,22,25). The molecule has 0 aliphatic heterocycles. The maximum absolute atomic E-state index is 12.4. The van der Waals surface area contributed by atoms with Crippen molar-refractivity contribution in [3.63, 3.8) is 0 Å². The molecule has 9 heteroatoms. The van der Waals surface area contributed by atoms with Gasteiger partial charge in [0.05, 0.1) is 7.11 Å². The van der Waals surface area contributed by atoms with Gasteiger partial charge in [0.1, 0.15) is 18.8 Å². The fourth-order valence-corrected chi connectivity index (χ4v) is 2.36. The second-order valence-electron chi connectivity index (χ2n) is 5.74. The van der Waals surface area contributed by atoms with Crippen LogP contribution in [0.4, 0.5) is 13.6 Å². The van der Waals surface area contributed by atoms with Crippen LogP contribution in [0.3, 0.4) is 0 Å². The van der Waals surface area contributed by atoms with Crippen LogP contribution in [0, 0.1) is 0 Å². The summed E-state index contributed by atoms with van der Waals surface area (Å²) in [5.74, 6) is -0.232. The lowest BCUT2D eigenvalue weighted by molar-refractivity contribution is -0.0513. The Morgan fingerprint density at radius 1 is 1.11 bits per heavy atom. The molecule has 1 amide bonds. The minimum Gasteiger partial charge on any atom is -0.493 e. The Morgan fingerprint density at radius 2 is 1.82 bits per heavy atom. The second-order valence-corrected chi connectivity index (χ2v) is 5.74. The van der Waals surface area contributed by atoms with Crippen LogP contribution in [-0.2, 0) is 11.3 Å². The van der Waals surface area contributed by atoms with E-state index in [9.17, 15) is 23.8 Å². The fourth-order valence-electron chi connectivity index (χ4n) is 2.36. The Bertz CT molecular complexity index is 759. The molecule has 0 saturated heterocycles. The van der Waals surface area contributed by atoms with Crippen LogP contribution in [0.5, 0.6) is 11.5 Å². The zero-order valence-electron chi connectivity index (χ0n) is 15.0. The van der Waals surface area contributed by atoms with Crippen molar-refractivity contribution in [2.75, 3.05) is 13.7 Å². The summed E-state index contributed by atoms with van der Waals surface area (Å²) in [6.45, 7) is -3.25. The minimum absolute atomic E-state index is 0.0284. The number of amides is 1. The summed E-state index contributed by atoms with van der Waals surface area (Å²) >= 11 is 0. The number of carbonyl (C=O) groups is 1. The summed E-state index contributed by atoms with van der Waals surface area (Å²) < 4.78 is 39.0. The number of alkyl carbamates (subject to hydrolysis) is 1. The van der Waals surface area contributed by atoms with Crippen LogP contribution in [0.25, 0.3) is 0 Å². The summed E-state index contributed by atoms with van der Waals surface area (Å²) in [5.41, 5.74) is 1.00. The van der Waals surface area contributed by atoms with Gasteiger partial charge in [-0.3, -0.25) is 0 Å². The Morgan fingerprint density at radius 3 is 2.46 bits per heavy atom. The molecule has 2 aromatic rings. The highest BCUT2D eigenvalue weighted by Gasteiger charge is 2.21. The molecule has 0 heterocycles. The van der Waals surface area contributed by atoms with E-state index >= 15 is 0 Å². The molecule has 3 N–H and O–H groups in total. The quantitative estimate of drug-likeness (QED) is 0.602. The van der Waals surface area contributed by atoms with Crippen molar-refractivity contribution >= 4 is 6.09 Å². The van der Waals surface area contributed by atoms with E-state index in [1.807, 2.05) is 18.2 Å². The maximum atomic E-state index is 12.4. The van der Waals surface area contributed by atoms with Gasteiger partial charge in [-0.25, -0.2) is 4.79 Å². The SMILES string of the molecule is COc1cc(C(O)C(O)CNC(=O)OCc2ccccc2)ccc1OC(F)F. The first-order valence-corrected chi connectivity index (χ1v) is 8.34. The predicted octanol–water partition coefficient (Wildman–Crippen LogP) is 2.62. The molecule has 0 saturated carbocycles. The number of carbonyl (C=O) groups excluding carboxylic acids is 1. The number of ether oxygens (including phenoxy) is 3. The number of benzene rings is 2. The molecule has 2 atom stereocenters. The normalized spacial score (nSPS) is 12.9. The smallest absolute Gasteiger partial charge is 0.407 e. The lowest BCUT2D eigenvalue weighted by Gasteiger charge is -2.20. The van der Waals surface area contributed by atoms with Crippen molar-refractivity contribution in [3.8, 4) is 11.5 Å². The zero-order valence-corrected chi connectivity index (χ0v) is 15.0. The van der Waals surface area contributed by atoms with Crippen LogP contribution < -0.4 is 14.8 Å². The number of rotatable bonds is 9. The number of aliphatic hydroxyl groups excluding tert-OH is 2. The van der Waals surface area contributed by atoms with Crippen LogP contribution in [0.15, 0.2) is 48.5 Å². The highest BCUT2D eigenvalue weighted by Crippen LogP contribution is 2.32. The molecule has 7 nitrogen and oxygen atoms in total. The molecular weight excluding hydrogens is 376 g/mol. The van der Waals surface area contributed by atoms with E-state index in [1.165, 1.54) is 25.3 Å². The van der Waals surface area contributed by atoms with Gasteiger partial charge in [-0.2, -0.15) is 8.78 Å². The third kappa shape index (κ3) is 6.36. The molecule has 0 spiro atoms. The van der Waals surface area contributed by atoms with E-state index in [1.54, 1.807) is 12.1 Å². The van der Waals surface area contributed by atoms with Crippen LogP contribution in [0.1, 0.15) is 17.2 Å². The van der Waals surface area contributed by atoms with Gasteiger partial charge in [0.15, 0.2) is 11.5 Å². The van der Waals surface area contributed by atoms with E-state index < -0.39 is 24.9 Å². The summed E-state index contributed by atoms with van der Waals surface area (Å²) in [6.07, 6.45) is -3.52. The van der Waals surface area contributed by atoms with Gasteiger partial charge in [-0.05, 0) is 23.3 Å². The van der Waals surface area contributed by atoms with E-state index in [0.29, 0.717) is 0 Å². The average Bonchev–Trinajstić information content (AvgIpc) is 2.70. The monoisotopic (exact) mass is 397 g/mol. The van der Waals surface area contributed by atoms with Crippen molar-refractivity contribution in [2.24, 2.45) is 0 Å². The fraction of sp³-hybridized carbons (Fsp3) is 0.316. The molecular formula is C19H21F2NO6. The Kier molecular flexibility index (Phi) is 7.97. The van der Waals surface area contributed by atoms with Gasteiger partial charge in [-0.1, -0.05) is 36.4 Å². The molecule has 0 aliphatic carbocycles. The predicted molar refractivity (Wildman–Crippen MR) is 95.2 cm³/mol. The van der Waals surface area contributed by atoms with E-state index in [-0.39, 0.29) is 30.2 Å². The highest BCUT2D eigenvalue weighted by molar-refractivity contribution is 5.67. The summed E-state index contributed by atoms with van der Waals surface area (Å²) in [6, 6.07) is 12.8. The maximum Gasteiger partial charge on any atom is 0.407 e. The number of hydrogen-bond acceptors (Lipinski definition) is 6. The number of alkyl halides is 2. The molecule has 0 aromatic heterocycles. The molecule has 0 bridgehead atoms. The summed E-state index contributed by atoms with van der Waals surface area (Å²) in [4.78, 5) is 11.7. The van der Waals surface area contributed by atoms with Crippen LogP contribution >= 0.6 is 0 Å². The molecule has 0 aliphatic rings. The van der Waals surface area contributed by atoms with Crippen molar-refractivity contribution in [1.29, 1.82) is 0 Å². The van der Waals surface area contributed by atoms with Gasteiger partial charge >= 0.3 is 12.7 Å². The van der Waals surface area contributed by atoms with Crippen molar-refractivity contribution in [1.82, 2.24) is 5.32 Å². The number of aliphatic hydroxyl groups is 2. The third-order valence-electron chi connectivity index (χ3n) is 3.78. The Balaban J connectivity index is 1.87. The first kappa shape index (κ1) is 21.4. The number of hydrogen-bond donors (Lipinski definition) is 3. The highest BCUT2D eigenvalue weighted by atomic mass is 19.3. The molecule has 2 aromatic carbocycles. The molecule has 0 radical (unpaired) electrons. The summed E-state index contributed by atoms with van der Waals surface area (Å²) in [7, 11) is 1.25. The molecule has 2 rings (SSSR count). The van der Waals surface area contributed by atoms with E-state index in [2.05, 4.69) is 10.1 Å². The first-order valence-electron chi connectivity index (χ1n) is 8.34. The minimum atomic E-state index is -3.03. The molecule has 0 fully saturated rings. The first-order chi connectivity index (χ1) is 13.4. The van der Waals surface area contributed by atoms with E-state index in [4.69, 9.17) is 9.47 Å². The average molecular weight is 397 g/mol. The number of nitrogens with one attached hydrogen (secondary N) is 1. The van der Waals surface area contributed by atoms with Crippen molar-refractivity contribution in [2.45, 2.75) is 25.4 Å². The topological polar surface area (TPSA) is 97.2 Å². The second kappa shape index (κ2) is 10.4. The molecule has 2 unspecified atom stereocenters. The van der Waals surface area contributed by atoms with Gasteiger partial charge in [-0.15, -0.1) is 0 Å². The van der Waals surface area contributed by atoms with Crippen molar-refractivity contribution in [3.05, 3.63) is 59.7 Å².